The second-order valence-electron chi connectivity index (χ2n) is 6.86. The number of fused-ring (bicyclic) bond motifs is 1. The normalized spacial score (nSPS) is 18.0. The molecule has 0 aromatic heterocycles. The van der Waals surface area contributed by atoms with Crippen LogP contribution in [0.1, 0.15) is 18.1 Å². The quantitative estimate of drug-likeness (QED) is 0.734. The standard InChI is InChI=1S/C21H18F2N2O3S/c1-21(22,23)16-6-10-18(11-7-16)28-17-8-4-15(5-9-17)19-3-2-12-25-13-14-29(26,27)24-20(19)25/h2-12H,13-14H2,1H3. The predicted octanol–water partition coefficient (Wildman–Crippen LogP) is 4.55. The molecular weight excluding hydrogens is 398 g/mol. The molecule has 0 fully saturated rings. The van der Waals surface area contributed by atoms with Gasteiger partial charge in [0.1, 0.15) is 11.5 Å². The number of amidine groups is 1. The average Bonchev–Trinajstić information content (AvgIpc) is 2.67. The maximum atomic E-state index is 13.3. The fourth-order valence-electron chi connectivity index (χ4n) is 3.10. The molecule has 0 saturated heterocycles. The van der Waals surface area contributed by atoms with Crippen molar-refractivity contribution in [3.63, 3.8) is 0 Å². The minimum absolute atomic E-state index is 0.0103. The van der Waals surface area contributed by atoms with E-state index in [0.29, 0.717) is 29.5 Å². The van der Waals surface area contributed by atoms with Gasteiger partial charge in [0, 0.05) is 30.8 Å². The Morgan fingerprint density at radius 2 is 1.66 bits per heavy atom. The third-order valence-corrected chi connectivity index (χ3v) is 5.77. The monoisotopic (exact) mass is 416 g/mol. The molecule has 150 valence electrons. The maximum Gasteiger partial charge on any atom is 0.270 e. The Balaban J connectivity index is 1.54. The van der Waals surface area contributed by atoms with Gasteiger partial charge in [-0.25, -0.2) is 17.2 Å². The van der Waals surface area contributed by atoms with Crippen molar-refractivity contribution in [2.24, 2.45) is 4.40 Å². The van der Waals surface area contributed by atoms with E-state index in [0.717, 1.165) is 12.5 Å². The predicted molar refractivity (Wildman–Crippen MR) is 108 cm³/mol. The van der Waals surface area contributed by atoms with Gasteiger partial charge < -0.3 is 9.64 Å². The second-order valence-corrected chi connectivity index (χ2v) is 8.61. The van der Waals surface area contributed by atoms with Crippen molar-refractivity contribution in [2.45, 2.75) is 12.8 Å². The highest BCUT2D eigenvalue weighted by molar-refractivity contribution is 7.90. The number of benzene rings is 2. The first-order chi connectivity index (χ1) is 13.7. The molecule has 29 heavy (non-hydrogen) atoms. The first kappa shape index (κ1) is 19.3. The van der Waals surface area contributed by atoms with Crippen molar-refractivity contribution in [2.75, 3.05) is 12.3 Å². The summed E-state index contributed by atoms with van der Waals surface area (Å²) in [6, 6.07) is 12.7. The van der Waals surface area contributed by atoms with Crippen molar-refractivity contribution >= 4 is 21.4 Å². The van der Waals surface area contributed by atoms with E-state index >= 15 is 0 Å². The summed E-state index contributed by atoms with van der Waals surface area (Å²) in [7, 11) is -3.46. The van der Waals surface area contributed by atoms with E-state index in [4.69, 9.17) is 4.74 Å². The first-order valence-corrected chi connectivity index (χ1v) is 10.6. The smallest absolute Gasteiger partial charge is 0.270 e. The van der Waals surface area contributed by atoms with Crippen LogP contribution in [-0.2, 0) is 15.9 Å². The minimum atomic E-state index is -3.46. The van der Waals surface area contributed by atoms with Crippen LogP contribution in [0.15, 0.2) is 71.3 Å². The van der Waals surface area contributed by atoms with Gasteiger partial charge in [-0.05, 0) is 54.1 Å². The highest BCUT2D eigenvalue weighted by Crippen LogP contribution is 2.31. The zero-order chi connectivity index (χ0) is 20.6. The van der Waals surface area contributed by atoms with Gasteiger partial charge in [-0.2, -0.15) is 0 Å². The van der Waals surface area contributed by atoms with Crippen LogP contribution < -0.4 is 4.74 Å². The Morgan fingerprint density at radius 1 is 1.03 bits per heavy atom. The molecule has 2 heterocycles. The van der Waals surface area contributed by atoms with Crippen LogP contribution in [0.25, 0.3) is 5.57 Å². The molecule has 2 aromatic rings. The van der Waals surface area contributed by atoms with Crippen molar-refractivity contribution in [1.82, 2.24) is 4.90 Å². The average molecular weight is 416 g/mol. The highest BCUT2D eigenvalue weighted by Gasteiger charge is 2.27. The second kappa shape index (κ2) is 7.11. The molecule has 0 amide bonds. The molecule has 4 rings (SSSR count). The zero-order valence-electron chi connectivity index (χ0n) is 15.5. The highest BCUT2D eigenvalue weighted by atomic mass is 32.2. The van der Waals surface area contributed by atoms with Gasteiger partial charge in [-0.3, -0.25) is 0 Å². The number of rotatable bonds is 4. The summed E-state index contributed by atoms with van der Waals surface area (Å²) in [5.74, 6) is -1.52. The summed E-state index contributed by atoms with van der Waals surface area (Å²) in [4.78, 5) is 1.81. The topological polar surface area (TPSA) is 59.0 Å². The lowest BCUT2D eigenvalue weighted by atomic mass is 10.0. The Kier molecular flexibility index (Phi) is 4.74. The van der Waals surface area contributed by atoms with E-state index in [1.165, 1.54) is 24.3 Å². The molecule has 0 unspecified atom stereocenters. The summed E-state index contributed by atoms with van der Waals surface area (Å²) in [5.41, 5.74) is 1.42. The van der Waals surface area contributed by atoms with E-state index in [1.807, 2.05) is 17.1 Å². The lowest BCUT2D eigenvalue weighted by molar-refractivity contribution is 0.0174. The molecule has 8 heteroatoms. The third kappa shape index (κ3) is 4.22. The van der Waals surface area contributed by atoms with Crippen molar-refractivity contribution in [3.8, 4) is 11.5 Å². The fraction of sp³-hybridized carbons (Fsp3) is 0.190. The van der Waals surface area contributed by atoms with Crippen molar-refractivity contribution < 1.29 is 21.9 Å². The molecule has 2 aliphatic rings. The molecule has 0 radical (unpaired) electrons. The number of alkyl halides is 2. The van der Waals surface area contributed by atoms with Crippen LogP contribution in [0.3, 0.4) is 0 Å². The number of allylic oxidation sites excluding steroid dienone is 2. The maximum absolute atomic E-state index is 13.3. The lowest BCUT2D eigenvalue weighted by Gasteiger charge is -2.29. The summed E-state index contributed by atoms with van der Waals surface area (Å²) in [5, 5.41) is 0. The first-order valence-electron chi connectivity index (χ1n) is 8.96. The van der Waals surface area contributed by atoms with Gasteiger partial charge in [-0.15, -0.1) is 4.40 Å². The van der Waals surface area contributed by atoms with Gasteiger partial charge in [0.05, 0.1) is 5.75 Å². The van der Waals surface area contributed by atoms with Crippen LogP contribution in [0.4, 0.5) is 8.78 Å². The third-order valence-electron chi connectivity index (χ3n) is 4.62. The Morgan fingerprint density at radius 3 is 2.28 bits per heavy atom. The van der Waals surface area contributed by atoms with Crippen LogP contribution in [-0.4, -0.2) is 31.5 Å². The molecule has 2 aliphatic heterocycles. The zero-order valence-corrected chi connectivity index (χ0v) is 16.4. The fourth-order valence-corrected chi connectivity index (χ4v) is 4.08. The summed E-state index contributed by atoms with van der Waals surface area (Å²) < 4.78 is 60.0. The van der Waals surface area contributed by atoms with Gasteiger partial charge in [0.25, 0.3) is 15.9 Å². The van der Waals surface area contributed by atoms with E-state index < -0.39 is 15.9 Å². The molecule has 0 atom stereocenters. The lowest BCUT2D eigenvalue weighted by Crippen LogP contribution is -2.37. The van der Waals surface area contributed by atoms with E-state index in [-0.39, 0.29) is 11.3 Å². The van der Waals surface area contributed by atoms with Crippen molar-refractivity contribution in [3.05, 3.63) is 78.0 Å². The Labute approximate surface area is 167 Å². The number of halogens is 2. The summed E-state index contributed by atoms with van der Waals surface area (Å²) in [6.45, 7) is 1.21. The van der Waals surface area contributed by atoms with Crippen LogP contribution in [0, 0.1) is 0 Å². The van der Waals surface area contributed by atoms with E-state index in [2.05, 4.69) is 4.40 Å². The summed E-state index contributed by atoms with van der Waals surface area (Å²) in [6.07, 6.45) is 5.47. The van der Waals surface area contributed by atoms with Gasteiger partial charge >= 0.3 is 0 Å². The SMILES string of the molecule is CC(F)(F)c1ccc(Oc2ccc(C3=CC=CN4CCS(=O)(=O)N=C34)cc2)cc1. The van der Waals surface area contributed by atoms with Gasteiger partial charge in [0.2, 0.25) is 0 Å². The summed E-state index contributed by atoms with van der Waals surface area (Å²) >= 11 is 0. The molecule has 0 aliphatic carbocycles. The van der Waals surface area contributed by atoms with Crippen molar-refractivity contribution in [1.29, 1.82) is 0 Å². The Bertz CT molecular complexity index is 1110. The van der Waals surface area contributed by atoms with Crippen LogP contribution >= 0.6 is 0 Å². The number of hydrogen-bond donors (Lipinski definition) is 0. The number of hydrogen-bond acceptors (Lipinski definition) is 4. The number of ether oxygens (including phenoxy) is 1. The molecule has 0 spiro atoms. The molecular formula is C21H18F2N2O3S. The molecule has 0 bridgehead atoms. The van der Waals surface area contributed by atoms with Crippen LogP contribution in [0.2, 0.25) is 0 Å². The molecule has 0 saturated carbocycles. The van der Waals surface area contributed by atoms with E-state index in [1.54, 1.807) is 30.5 Å². The molecule has 2 aromatic carbocycles. The minimum Gasteiger partial charge on any atom is -0.457 e. The molecule has 5 nitrogen and oxygen atoms in total. The van der Waals surface area contributed by atoms with Gasteiger partial charge in [0.15, 0.2) is 5.84 Å². The number of sulfonamides is 1. The largest absolute Gasteiger partial charge is 0.457 e. The Hall–Kier alpha value is -3.00. The number of nitrogens with zero attached hydrogens (tertiary/aromatic N) is 2. The molecule has 0 N–H and O–H groups in total. The van der Waals surface area contributed by atoms with Crippen LogP contribution in [0.5, 0.6) is 11.5 Å². The van der Waals surface area contributed by atoms with E-state index in [9.17, 15) is 17.2 Å². The van der Waals surface area contributed by atoms with Gasteiger partial charge in [-0.1, -0.05) is 12.1 Å².